The number of nitrogens with one attached hydrogen (secondary N) is 2. The molecule has 0 bridgehead atoms. The summed E-state index contributed by atoms with van der Waals surface area (Å²) in [4.78, 5) is 11.2. The van der Waals surface area contributed by atoms with Crippen molar-refractivity contribution in [1.29, 1.82) is 0 Å². The van der Waals surface area contributed by atoms with Crippen molar-refractivity contribution in [2.75, 3.05) is 13.1 Å². The molecule has 1 amide bonds. The van der Waals surface area contributed by atoms with E-state index in [1.807, 2.05) is 0 Å². The Morgan fingerprint density at radius 2 is 1.63 bits per heavy atom. The van der Waals surface area contributed by atoms with E-state index in [-0.39, 0.29) is 19.4 Å². The summed E-state index contributed by atoms with van der Waals surface area (Å²) in [7, 11) is 0. The Bertz CT molecular complexity index is 276. The average molecular weight is 294 g/mol. The molecule has 0 fully saturated rings. The summed E-state index contributed by atoms with van der Waals surface area (Å²) < 4.78 is 70.8. The van der Waals surface area contributed by atoms with Gasteiger partial charge in [-0.2, -0.15) is 26.3 Å². The molecular formula is C10H16F6N2O. The summed E-state index contributed by atoms with van der Waals surface area (Å²) in [6.07, 6.45) is -9.51. The number of unbranched alkanes of at least 4 members (excludes halogenated alkanes) is 1. The molecule has 0 rings (SSSR count). The van der Waals surface area contributed by atoms with Gasteiger partial charge in [-0.05, 0) is 26.3 Å². The van der Waals surface area contributed by atoms with Gasteiger partial charge in [0.15, 0.2) is 0 Å². The number of hydrogen-bond donors (Lipinski definition) is 2. The van der Waals surface area contributed by atoms with Crippen LogP contribution >= 0.6 is 0 Å². The minimum atomic E-state index is -4.48. The topological polar surface area (TPSA) is 41.1 Å². The second-order valence-corrected chi connectivity index (χ2v) is 4.08. The van der Waals surface area contributed by atoms with Crippen LogP contribution in [0.2, 0.25) is 0 Å². The highest BCUT2D eigenvalue weighted by atomic mass is 19.4. The lowest BCUT2D eigenvalue weighted by Crippen LogP contribution is -2.45. The first-order chi connectivity index (χ1) is 8.51. The highest BCUT2D eigenvalue weighted by Crippen LogP contribution is 2.21. The normalized spacial score (nSPS) is 14.3. The van der Waals surface area contributed by atoms with Crippen molar-refractivity contribution in [2.24, 2.45) is 0 Å². The minimum absolute atomic E-state index is 0.0899. The molecule has 0 aromatic heterocycles. The van der Waals surface area contributed by atoms with Crippen molar-refractivity contribution < 1.29 is 31.1 Å². The van der Waals surface area contributed by atoms with Gasteiger partial charge >= 0.3 is 12.4 Å². The van der Waals surface area contributed by atoms with Crippen molar-refractivity contribution in [3.05, 3.63) is 0 Å². The molecule has 0 radical (unpaired) electrons. The maximum atomic E-state index is 11.8. The molecule has 0 aliphatic rings. The number of amides is 1. The lowest BCUT2D eigenvalue weighted by Gasteiger charge is -2.15. The van der Waals surface area contributed by atoms with Gasteiger partial charge in [0.05, 0.1) is 6.04 Å². The fraction of sp³-hybridized carbons (Fsp3) is 0.900. The fourth-order valence-electron chi connectivity index (χ4n) is 1.20. The van der Waals surface area contributed by atoms with Crippen molar-refractivity contribution in [3.8, 4) is 0 Å². The van der Waals surface area contributed by atoms with Crippen LogP contribution in [0.15, 0.2) is 0 Å². The summed E-state index contributed by atoms with van der Waals surface area (Å²) in [5, 5.41) is 4.24. The third-order valence-electron chi connectivity index (χ3n) is 2.19. The third-order valence-corrected chi connectivity index (χ3v) is 2.19. The number of hydrogen-bond acceptors (Lipinski definition) is 2. The van der Waals surface area contributed by atoms with Gasteiger partial charge < -0.3 is 10.6 Å². The molecule has 9 heteroatoms. The van der Waals surface area contributed by atoms with Crippen LogP contribution in [-0.2, 0) is 4.79 Å². The highest BCUT2D eigenvalue weighted by molar-refractivity contribution is 5.81. The molecule has 0 aromatic rings. The number of halogens is 6. The Kier molecular flexibility index (Phi) is 7.17. The van der Waals surface area contributed by atoms with Crippen LogP contribution in [0.4, 0.5) is 26.3 Å². The Morgan fingerprint density at radius 1 is 1.05 bits per heavy atom. The number of carbonyl (C=O) groups excluding carboxylic acids is 1. The van der Waals surface area contributed by atoms with Crippen molar-refractivity contribution >= 4 is 5.91 Å². The smallest absolute Gasteiger partial charge is 0.346 e. The van der Waals surface area contributed by atoms with E-state index in [2.05, 4.69) is 5.32 Å². The van der Waals surface area contributed by atoms with Crippen molar-refractivity contribution in [1.82, 2.24) is 10.6 Å². The molecule has 114 valence electrons. The van der Waals surface area contributed by atoms with E-state index in [1.165, 1.54) is 6.92 Å². The molecule has 0 spiro atoms. The quantitative estimate of drug-likeness (QED) is 0.559. The lowest BCUT2D eigenvalue weighted by atomic mass is 10.2. The van der Waals surface area contributed by atoms with Crippen LogP contribution in [0.5, 0.6) is 0 Å². The maximum absolute atomic E-state index is 11.8. The van der Waals surface area contributed by atoms with E-state index < -0.39 is 37.3 Å². The number of rotatable bonds is 7. The van der Waals surface area contributed by atoms with Crippen LogP contribution in [0.25, 0.3) is 0 Å². The minimum Gasteiger partial charge on any atom is -0.346 e. The van der Waals surface area contributed by atoms with Crippen molar-refractivity contribution in [3.63, 3.8) is 0 Å². The maximum Gasteiger partial charge on any atom is 0.405 e. The van der Waals surface area contributed by atoms with Crippen LogP contribution < -0.4 is 10.6 Å². The van der Waals surface area contributed by atoms with Gasteiger partial charge in [0.1, 0.15) is 6.54 Å². The van der Waals surface area contributed by atoms with Gasteiger partial charge in [-0.15, -0.1) is 0 Å². The first kappa shape index (κ1) is 18.0. The molecule has 0 heterocycles. The zero-order valence-electron chi connectivity index (χ0n) is 10.3. The second-order valence-electron chi connectivity index (χ2n) is 4.08. The molecule has 19 heavy (non-hydrogen) atoms. The van der Waals surface area contributed by atoms with E-state index in [4.69, 9.17) is 0 Å². The molecule has 0 aliphatic carbocycles. The largest absolute Gasteiger partial charge is 0.405 e. The summed E-state index contributed by atoms with van der Waals surface area (Å²) >= 11 is 0. The summed E-state index contributed by atoms with van der Waals surface area (Å²) in [5.41, 5.74) is 0. The zero-order valence-corrected chi connectivity index (χ0v) is 10.3. The van der Waals surface area contributed by atoms with E-state index in [0.717, 1.165) is 0 Å². The summed E-state index contributed by atoms with van der Waals surface area (Å²) in [6.45, 7) is 0.0536. The molecule has 2 N–H and O–H groups in total. The Labute approximate surface area is 106 Å². The molecule has 0 aromatic carbocycles. The molecule has 0 saturated heterocycles. The van der Waals surface area contributed by atoms with Crippen LogP contribution in [0, 0.1) is 0 Å². The van der Waals surface area contributed by atoms with Gasteiger partial charge in [-0.25, -0.2) is 0 Å². The first-order valence-electron chi connectivity index (χ1n) is 5.66. The molecule has 1 unspecified atom stereocenters. The lowest BCUT2D eigenvalue weighted by molar-refractivity contribution is -0.139. The summed E-state index contributed by atoms with van der Waals surface area (Å²) in [6, 6.07) is -0.881. The molecule has 1 atom stereocenters. The second kappa shape index (κ2) is 7.56. The Morgan fingerprint density at radius 3 is 2.11 bits per heavy atom. The van der Waals surface area contributed by atoms with Gasteiger partial charge in [0.2, 0.25) is 5.91 Å². The molecule has 0 saturated carbocycles. The van der Waals surface area contributed by atoms with E-state index in [0.29, 0.717) is 0 Å². The van der Waals surface area contributed by atoms with Gasteiger partial charge in [-0.1, -0.05) is 0 Å². The Hall–Kier alpha value is -0.990. The van der Waals surface area contributed by atoms with E-state index in [1.54, 1.807) is 5.32 Å². The van der Waals surface area contributed by atoms with E-state index >= 15 is 0 Å². The monoisotopic (exact) mass is 294 g/mol. The molecule has 3 nitrogen and oxygen atoms in total. The summed E-state index contributed by atoms with van der Waals surface area (Å²) in [5.74, 6) is -0.840. The van der Waals surface area contributed by atoms with Gasteiger partial charge in [0, 0.05) is 6.42 Å². The Balaban J connectivity index is 3.69. The number of carbonyl (C=O) groups is 1. The third kappa shape index (κ3) is 11.8. The average Bonchev–Trinajstić information content (AvgIpc) is 2.22. The number of alkyl halides is 6. The van der Waals surface area contributed by atoms with Crippen LogP contribution in [0.1, 0.15) is 26.2 Å². The standard InChI is InChI=1S/C10H16F6N2O/c1-7(8(19)18-6-10(14,15)16)17-5-3-2-4-9(11,12)13/h7,17H,2-6H2,1H3,(H,18,19). The molecular weight excluding hydrogens is 278 g/mol. The fourth-order valence-corrected chi connectivity index (χ4v) is 1.20. The zero-order chi connectivity index (χ0) is 15.1. The SMILES string of the molecule is CC(NCCCCC(F)(F)F)C(=O)NCC(F)(F)F. The van der Waals surface area contributed by atoms with Crippen molar-refractivity contribution in [2.45, 2.75) is 44.6 Å². The highest BCUT2D eigenvalue weighted by Gasteiger charge is 2.28. The van der Waals surface area contributed by atoms with Crippen LogP contribution in [0.3, 0.4) is 0 Å². The van der Waals surface area contributed by atoms with Gasteiger partial charge in [0.25, 0.3) is 0 Å². The first-order valence-corrected chi connectivity index (χ1v) is 5.66. The van der Waals surface area contributed by atoms with Crippen LogP contribution in [-0.4, -0.2) is 37.4 Å². The van der Waals surface area contributed by atoms with Gasteiger partial charge in [-0.3, -0.25) is 4.79 Å². The molecule has 0 aliphatic heterocycles. The predicted molar refractivity (Wildman–Crippen MR) is 56.4 cm³/mol. The van der Waals surface area contributed by atoms with E-state index in [9.17, 15) is 31.1 Å². The predicted octanol–water partition coefficient (Wildman–Crippen LogP) is 2.38.